The van der Waals surface area contributed by atoms with Gasteiger partial charge in [-0.25, -0.2) is 4.79 Å². The van der Waals surface area contributed by atoms with Crippen molar-refractivity contribution in [2.24, 2.45) is 11.3 Å². The Bertz CT molecular complexity index is 869. The van der Waals surface area contributed by atoms with Crippen molar-refractivity contribution in [2.75, 3.05) is 13.7 Å². The number of allylic oxidation sites excluding steroid dienone is 2. The highest BCUT2D eigenvalue weighted by atomic mass is 16.6. The highest BCUT2D eigenvalue weighted by Gasteiger charge is 2.61. The van der Waals surface area contributed by atoms with Crippen LogP contribution in [0.5, 0.6) is 0 Å². The van der Waals surface area contributed by atoms with E-state index in [0.29, 0.717) is 19.3 Å². The zero-order valence-electron chi connectivity index (χ0n) is 22.0. The lowest BCUT2D eigenvalue weighted by molar-refractivity contribution is -0.150. The van der Waals surface area contributed by atoms with E-state index in [1.165, 1.54) is 12.0 Å². The summed E-state index contributed by atoms with van der Waals surface area (Å²) in [5, 5.41) is 13.1. The van der Waals surface area contributed by atoms with Gasteiger partial charge in [-0.05, 0) is 57.3 Å². The highest BCUT2D eigenvalue weighted by molar-refractivity contribution is 5.96. The molecule has 2 amide bonds. The topological polar surface area (TPSA) is 122 Å². The Hall–Kier alpha value is -2.68. The fourth-order valence-electron chi connectivity index (χ4n) is 5.75. The number of rotatable bonds is 14. The number of nitrogens with one attached hydrogen (secondary N) is 1. The van der Waals surface area contributed by atoms with Gasteiger partial charge < -0.3 is 24.8 Å². The van der Waals surface area contributed by atoms with Crippen LogP contribution in [0, 0.1) is 11.3 Å². The second-order valence-electron chi connectivity index (χ2n) is 10.7. The summed E-state index contributed by atoms with van der Waals surface area (Å²) < 4.78 is 10.5. The van der Waals surface area contributed by atoms with Crippen molar-refractivity contribution < 1.29 is 33.8 Å². The molecule has 37 heavy (non-hydrogen) atoms. The Labute approximate surface area is 219 Å². The van der Waals surface area contributed by atoms with Crippen LogP contribution in [0.3, 0.4) is 0 Å². The van der Waals surface area contributed by atoms with E-state index >= 15 is 0 Å². The Kier molecular flexibility index (Phi) is 10.3. The predicted molar refractivity (Wildman–Crippen MR) is 137 cm³/mol. The van der Waals surface area contributed by atoms with E-state index in [-0.39, 0.29) is 37.2 Å². The van der Waals surface area contributed by atoms with Crippen molar-refractivity contribution in [2.45, 2.75) is 101 Å². The average Bonchev–Trinajstić information content (AvgIpc) is 3.17. The molecule has 9 heteroatoms. The number of β-amino-alcohol motifs (C(OH)–C–C–N with tert-alkyl or cyclic N) is 1. The number of hydrogen-bond donors (Lipinski definition) is 2. The summed E-state index contributed by atoms with van der Waals surface area (Å²) in [6, 6.07) is -1.74. The van der Waals surface area contributed by atoms with Gasteiger partial charge in [0.25, 0.3) is 0 Å². The zero-order chi connectivity index (χ0) is 27.0. The second kappa shape index (κ2) is 13.2. The molecule has 0 unspecified atom stereocenters. The van der Waals surface area contributed by atoms with Gasteiger partial charge in [0.2, 0.25) is 5.91 Å². The van der Waals surface area contributed by atoms with Crippen LogP contribution in [-0.4, -0.2) is 71.7 Å². The predicted octanol–water partition coefficient (Wildman–Crippen LogP) is 3.45. The summed E-state index contributed by atoms with van der Waals surface area (Å²) in [6.45, 7) is 7.47. The Balaban J connectivity index is 1.69. The molecule has 0 spiro atoms. The van der Waals surface area contributed by atoms with Crippen molar-refractivity contribution in [3.63, 3.8) is 0 Å². The third-order valence-corrected chi connectivity index (χ3v) is 8.00. The number of aliphatic hydroxyl groups is 1. The number of hydrogen-bond acceptors (Lipinski definition) is 7. The molecule has 0 aromatic rings. The normalized spacial score (nSPS) is 27.8. The molecular weight excluding hydrogens is 476 g/mol. The van der Waals surface area contributed by atoms with Gasteiger partial charge in [-0.2, -0.15) is 0 Å². The number of likely N-dealkylation sites (tertiary alicyclic amines) is 1. The molecule has 0 aromatic carbocycles. The maximum absolute atomic E-state index is 13.7. The van der Waals surface area contributed by atoms with Gasteiger partial charge in [-0.1, -0.05) is 25.0 Å². The Morgan fingerprint density at radius 1 is 1.16 bits per heavy atom. The molecule has 5 atom stereocenters. The van der Waals surface area contributed by atoms with Crippen LogP contribution in [-0.2, 0) is 23.9 Å². The summed E-state index contributed by atoms with van der Waals surface area (Å²) in [5.41, 5.74) is -0.955. The molecule has 1 heterocycles. The van der Waals surface area contributed by atoms with E-state index < -0.39 is 41.6 Å². The number of ether oxygens (including phenoxy) is 2. The average molecular weight is 519 g/mol. The maximum atomic E-state index is 13.7. The molecule has 1 aliphatic heterocycles. The van der Waals surface area contributed by atoms with Crippen LogP contribution in [0.25, 0.3) is 0 Å². The number of aliphatic hydroxyl groups excluding tert-OH is 1. The molecule has 206 valence electrons. The number of carbonyl (C=O) groups is 4. The summed E-state index contributed by atoms with van der Waals surface area (Å²) in [4.78, 5) is 53.5. The number of esters is 1. The molecule has 0 bridgehead atoms. The van der Waals surface area contributed by atoms with Gasteiger partial charge >= 0.3 is 12.1 Å². The van der Waals surface area contributed by atoms with Crippen LogP contribution in [0.2, 0.25) is 0 Å². The van der Waals surface area contributed by atoms with E-state index in [1.54, 1.807) is 6.08 Å². The Morgan fingerprint density at radius 3 is 2.51 bits per heavy atom. The van der Waals surface area contributed by atoms with Gasteiger partial charge in [-0.3, -0.25) is 14.4 Å². The van der Waals surface area contributed by atoms with E-state index in [2.05, 4.69) is 18.5 Å². The van der Waals surface area contributed by atoms with Gasteiger partial charge in [0.05, 0.1) is 24.7 Å². The van der Waals surface area contributed by atoms with E-state index in [9.17, 15) is 24.3 Å². The van der Waals surface area contributed by atoms with Gasteiger partial charge in [0.1, 0.15) is 12.1 Å². The van der Waals surface area contributed by atoms with Crippen LogP contribution in [0.15, 0.2) is 25.3 Å². The fraction of sp³-hybridized carbons (Fsp3) is 0.714. The standard InChI is InChI=1S/C28H42N2O7/c1-4-6-7-8-9-14-22(29-27(35)37-21-12-10-11-13-21)25(33)30-18-20(31)15-23(30)24(32)17-28(26(34)36-3)16-19(28)5-2/h4-5,19-23,31H,1-2,6-18H2,3H3,(H,29,35)/t19-,20-,22+,23+,28-/m1/s1. The van der Waals surface area contributed by atoms with Crippen molar-refractivity contribution in [1.82, 2.24) is 10.2 Å². The lowest BCUT2D eigenvalue weighted by atomic mass is 9.92. The van der Waals surface area contributed by atoms with Crippen molar-refractivity contribution in [3.05, 3.63) is 25.3 Å². The molecule has 2 saturated carbocycles. The van der Waals surface area contributed by atoms with Crippen molar-refractivity contribution >= 4 is 23.8 Å². The summed E-state index contributed by atoms with van der Waals surface area (Å²) in [7, 11) is 1.29. The lowest BCUT2D eigenvalue weighted by Gasteiger charge is -2.29. The van der Waals surface area contributed by atoms with Gasteiger partial charge in [0.15, 0.2) is 5.78 Å². The number of alkyl carbamates (subject to hydrolysis) is 1. The summed E-state index contributed by atoms with van der Waals surface area (Å²) in [5.74, 6) is -1.33. The number of Topliss-reactive ketones (excluding diaryl/α,β-unsaturated/α-hetero) is 1. The Morgan fingerprint density at radius 2 is 1.89 bits per heavy atom. The molecule has 0 radical (unpaired) electrons. The number of ketones is 1. The van der Waals surface area contributed by atoms with Gasteiger partial charge in [0, 0.05) is 19.4 Å². The second-order valence-corrected chi connectivity index (χ2v) is 10.7. The highest BCUT2D eigenvalue weighted by Crippen LogP contribution is 2.57. The molecule has 9 nitrogen and oxygen atoms in total. The van der Waals surface area contributed by atoms with Gasteiger partial charge in [-0.15, -0.1) is 13.2 Å². The third-order valence-electron chi connectivity index (χ3n) is 8.00. The molecule has 3 aliphatic rings. The SMILES string of the molecule is C=CCCCCC[C@H](NC(=O)OC1CCCC1)C(=O)N1C[C@H](O)C[C@H]1C(=O)C[C@]1(C(=O)OC)C[C@H]1C=C. The molecular formula is C28H42N2O7. The first-order chi connectivity index (χ1) is 17.7. The smallest absolute Gasteiger partial charge is 0.408 e. The molecule has 2 N–H and O–H groups in total. The third kappa shape index (κ3) is 7.21. The maximum Gasteiger partial charge on any atom is 0.408 e. The van der Waals surface area contributed by atoms with Crippen LogP contribution in [0.4, 0.5) is 4.79 Å². The summed E-state index contributed by atoms with van der Waals surface area (Å²) in [6.07, 6.45) is 9.78. The van der Waals surface area contributed by atoms with E-state index in [4.69, 9.17) is 9.47 Å². The minimum absolute atomic E-state index is 0.00231. The minimum atomic E-state index is -0.955. The molecule has 2 aliphatic carbocycles. The fourth-order valence-corrected chi connectivity index (χ4v) is 5.75. The van der Waals surface area contributed by atoms with Crippen molar-refractivity contribution in [1.29, 1.82) is 0 Å². The number of methoxy groups -OCH3 is 1. The lowest BCUT2D eigenvalue weighted by Crippen LogP contribution is -2.52. The molecule has 0 aromatic heterocycles. The zero-order valence-corrected chi connectivity index (χ0v) is 22.0. The molecule has 3 fully saturated rings. The van der Waals surface area contributed by atoms with E-state index in [1.807, 2.05) is 6.08 Å². The minimum Gasteiger partial charge on any atom is -0.469 e. The molecule has 1 saturated heterocycles. The number of nitrogens with zero attached hydrogens (tertiary/aromatic N) is 1. The molecule has 3 rings (SSSR count). The first kappa shape index (κ1) is 28.9. The van der Waals surface area contributed by atoms with Crippen LogP contribution < -0.4 is 5.32 Å². The monoisotopic (exact) mass is 518 g/mol. The largest absolute Gasteiger partial charge is 0.469 e. The first-order valence-electron chi connectivity index (χ1n) is 13.6. The first-order valence-corrected chi connectivity index (χ1v) is 13.6. The number of carbonyl (C=O) groups excluding carboxylic acids is 4. The summed E-state index contributed by atoms with van der Waals surface area (Å²) >= 11 is 0. The number of amides is 2. The quantitative estimate of drug-likeness (QED) is 0.205. The van der Waals surface area contributed by atoms with Crippen molar-refractivity contribution in [3.8, 4) is 0 Å². The number of unbranched alkanes of at least 4 members (excludes halogenated alkanes) is 3. The van der Waals surface area contributed by atoms with Crippen LogP contribution in [0.1, 0.15) is 77.0 Å². The van der Waals surface area contributed by atoms with Crippen LogP contribution >= 0.6 is 0 Å². The van der Waals surface area contributed by atoms with E-state index in [0.717, 1.165) is 44.9 Å².